The highest BCUT2D eigenvalue weighted by Gasteiger charge is 2.34. The largest absolute Gasteiger partial charge is 0.377 e. The van der Waals surface area contributed by atoms with E-state index in [2.05, 4.69) is 63.6 Å². The number of halogens is 1. The number of anilines is 1. The third-order valence-corrected chi connectivity index (χ3v) is 8.53. The van der Waals surface area contributed by atoms with Crippen LogP contribution in [-0.4, -0.2) is 44.3 Å². The summed E-state index contributed by atoms with van der Waals surface area (Å²) in [4.78, 5) is 21.1. The molecule has 1 unspecified atom stereocenters. The van der Waals surface area contributed by atoms with Crippen molar-refractivity contribution >= 4 is 28.7 Å². The van der Waals surface area contributed by atoms with Crippen LogP contribution in [0.2, 0.25) is 5.02 Å². The summed E-state index contributed by atoms with van der Waals surface area (Å²) in [6.07, 6.45) is 8.11. The summed E-state index contributed by atoms with van der Waals surface area (Å²) in [5.74, 6) is 2.17. The third kappa shape index (κ3) is 4.97. The average molecular weight is 542 g/mol. The first-order valence-corrected chi connectivity index (χ1v) is 14.1. The first-order chi connectivity index (χ1) is 19.0. The van der Waals surface area contributed by atoms with Crippen LogP contribution in [-0.2, 0) is 4.74 Å². The van der Waals surface area contributed by atoms with E-state index in [1.807, 2.05) is 12.1 Å². The van der Waals surface area contributed by atoms with Gasteiger partial charge in [0.15, 0.2) is 5.65 Å². The van der Waals surface area contributed by atoms with Gasteiger partial charge >= 0.3 is 0 Å². The predicted octanol–water partition coefficient (Wildman–Crippen LogP) is 6.38. The van der Waals surface area contributed by atoms with Gasteiger partial charge in [-0.2, -0.15) is 15.2 Å². The van der Waals surface area contributed by atoms with E-state index in [1.54, 1.807) is 12.4 Å². The second-order valence-electron chi connectivity index (χ2n) is 10.8. The molecular weight excluding hydrogens is 510 g/mol. The minimum Gasteiger partial charge on any atom is -0.377 e. The van der Waals surface area contributed by atoms with Gasteiger partial charge in [0.1, 0.15) is 17.3 Å². The van der Waals surface area contributed by atoms with Gasteiger partial charge in [-0.05, 0) is 43.2 Å². The molecule has 1 aliphatic carbocycles. The van der Waals surface area contributed by atoms with Crippen molar-refractivity contribution in [3.8, 4) is 17.3 Å². The molecule has 1 saturated heterocycles. The number of aromatic nitrogens is 5. The topological polar surface area (TPSA) is 92.8 Å². The molecule has 0 amide bonds. The molecule has 1 aromatic carbocycles. The Labute approximate surface area is 233 Å². The minimum atomic E-state index is 0.00812. The molecule has 6 rings (SSSR count). The number of benzene rings is 1. The first kappa shape index (κ1) is 25.7. The SMILES string of the molecule is CC([C@H]1CC[C@H](C)CC1)n1c(N2CCOC[C@H]2c2ccccc2)nc2nc(C#N)nc(-c3cncc(Cl)c3)c21. The summed E-state index contributed by atoms with van der Waals surface area (Å²) in [6.45, 7) is 6.52. The third-order valence-electron chi connectivity index (χ3n) is 8.33. The molecule has 4 heterocycles. The molecule has 0 bridgehead atoms. The van der Waals surface area contributed by atoms with Gasteiger partial charge in [-0.15, -0.1) is 0 Å². The van der Waals surface area contributed by atoms with Crippen LogP contribution < -0.4 is 4.90 Å². The number of fused-ring (bicyclic) bond motifs is 1. The van der Waals surface area contributed by atoms with Crippen LogP contribution in [0.3, 0.4) is 0 Å². The summed E-state index contributed by atoms with van der Waals surface area (Å²) in [5.41, 5.74) is 3.88. The standard InChI is InChI=1S/C30H32ClN7O/c1-19-8-10-21(11-9-19)20(2)38-28-27(23-14-24(31)17-33-16-23)34-26(15-32)35-29(28)36-30(38)37-12-13-39-18-25(37)22-6-4-3-5-7-22/h3-7,14,16-17,19-21,25H,8-13,18H2,1-2H3/t19-,20?,21-,25-/m0/s1. The van der Waals surface area contributed by atoms with Crippen LogP contribution >= 0.6 is 11.6 Å². The van der Waals surface area contributed by atoms with Crippen molar-refractivity contribution in [2.45, 2.75) is 51.6 Å². The maximum atomic E-state index is 9.80. The zero-order chi connectivity index (χ0) is 26.9. The molecule has 0 N–H and O–H groups in total. The van der Waals surface area contributed by atoms with E-state index in [0.717, 1.165) is 35.8 Å². The fourth-order valence-corrected chi connectivity index (χ4v) is 6.32. The Morgan fingerprint density at radius 2 is 1.87 bits per heavy atom. The molecular formula is C30H32ClN7O. The molecule has 39 heavy (non-hydrogen) atoms. The zero-order valence-electron chi connectivity index (χ0n) is 22.3. The number of hydrogen-bond acceptors (Lipinski definition) is 7. The lowest BCUT2D eigenvalue weighted by Gasteiger charge is -2.39. The number of hydrogen-bond donors (Lipinski definition) is 0. The van der Waals surface area contributed by atoms with E-state index < -0.39 is 0 Å². The van der Waals surface area contributed by atoms with E-state index in [1.165, 1.54) is 18.4 Å². The van der Waals surface area contributed by atoms with Crippen molar-refractivity contribution in [2.24, 2.45) is 11.8 Å². The molecule has 0 radical (unpaired) electrons. The quantitative estimate of drug-likeness (QED) is 0.289. The molecule has 8 nitrogen and oxygen atoms in total. The first-order valence-electron chi connectivity index (χ1n) is 13.7. The van der Waals surface area contributed by atoms with Gasteiger partial charge in [0.2, 0.25) is 11.8 Å². The molecule has 2 fully saturated rings. The number of morpholine rings is 1. The lowest BCUT2D eigenvalue weighted by molar-refractivity contribution is 0.0924. The predicted molar refractivity (Wildman–Crippen MR) is 151 cm³/mol. The Bertz CT molecular complexity index is 1510. The van der Waals surface area contributed by atoms with Gasteiger partial charge in [0.25, 0.3) is 0 Å². The summed E-state index contributed by atoms with van der Waals surface area (Å²) in [5, 5.41) is 10.3. The molecule has 0 spiro atoms. The lowest BCUT2D eigenvalue weighted by atomic mass is 9.79. The Hall–Kier alpha value is -3.54. The van der Waals surface area contributed by atoms with Crippen LogP contribution in [0.5, 0.6) is 0 Å². The van der Waals surface area contributed by atoms with E-state index in [4.69, 9.17) is 26.3 Å². The Balaban J connectivity index is 1.58. The maximum absolute atomic E-state index is 9.80. The molecule has 1 aliphatic heterocycles. The molecule has 2 atom stereocenters. The summed E-state index contributed by atoms with van der Waals surface area (Å²) >= 11 is 6.36. The smallest absolute Gasteiger partial charge is 0.234 e. The number of nitriles is 1. The summed E-state index contributed by atoms with van der Waals surface area (Å²) < 4.78 is 8.29. The van der Waals surface area contributed by atoms with E-state index in [0.29, 0.717) is 42.0 Å². The van der Waals surface area contributed by atoms with Crippen molar-refractivity contribution in [2.75, 3.05) is 24.7 Å². The molecule has 1 saturated carbocycles. The van der Waals surface area contributed by atoms with E-state index in [-0.39, 0.29) is 17.9 Å². The van der Waals surface area contributed by atoms with E-state index in [9.17, 15) is 5.26 Å². The van der Waals surface area contributed by atoms with Gasteiger partial charge in [-0.1, -0.05) is 61.7 Å². The van der Waals surface area contributed by atoms with Crippen LogP contribution in [0, 0.1) is 23.2 Å². The highest BCUT2D eigenvalue weighted by Crippen LogP contribution is 2.42. The summed E-state index contributed by atoms with van der Waals surface area (Å²) in [6, 6.07) is 14.6. The monoisotopic (exact) mass is 541 g/mol. The number of imidazole rings is 1. The van der Waals surface area contributed by atoms with Crippen LogP contribution in [0.4, 0.5) is 5.95 Å². The van der Waals surface area contributed by atoms with Crippen molar-refractivity contribution < 1.29 is 4.74 Å². The molecule has 4 aromatic rings. The molecule has 9 heteroatoms. The zero-order valence-corrected chi connectivity index (χ0v) is 23.1. The number of nitrogens with zero attached hydrogens (tertiary/aromatic N) is 7. The summed E-state index contributed by atoms with van der Waals surface area (Å²) in [7, 11) is 0. The fraction of sp³-hybridized carbons (Fsp3) is 0.433. The van der Waals surface area contributed by atoms with Crippen molar-refractivity contribution in [1.29, 1.82) is 5.26 Å². The van der Waals surface area contributed by atoms with Crippen LogP contribution in [0.25, 0.3) is 22.4 Å². The second-order valence-corrected chi connectivity index (χ2v) is 11.2. The van der Waals surface area contributed by atoms with E-state index >= 15 is 0 Å². The average Bonchev–Trinajstić information content (AvgIpc) is 3.36. The van der Waals surface area contributed by atoms with Gasteiger partial charge in [0, 0.05) is 30.5 Å². The number of ether oxygens (including phenoxy) is 1. The van der Waals surface area contributed by atoms with Gasteiger partial charge in [-0.3, -0.25) is 4.98 Å². The van der Waals surface area contributed by atoms with Crippen molar-refractivity contribution in [1.82, 2.24) is 24.5 Å². The normalized spacial score (nSPS) is 22.5. The maximum Gasteiger partial charge on any atom is 0.234 e. The van der Waals surface area contributed by atoms with Crippen LogP contribution in [0.1, 0.15) is 63.0 Å². The fourth-order valence-electron chi connectivity index (χ4n) is 6.15. The Morgan fingerprint density at radius 3 is 2.62 bits per heavy atom. The molecule has 200 valence electrons. The molecule has 3 aromatic heterocycles. The molecule has 2 aliphatic rings. The van der Waals surface area contributed by atoms with Crippen molar-refractivity contribution in [3.05, 3.63) is 65.2 Å². The number of pyridine rings is 1. The Kier molecular flexibility index (Phi) is 7.20. The van der Waals surface area contributed by atoms with Gasteiger partial charge < -0.3 is 14.2 Å². The second kappa shape index (κ2) is 10.9. The van der Waals surface area contributed by atoms with Gasteiger partial charge in [0.05, 0.1) is 24.3 Å². The van der Waals surface area contributed by atoms with Gasteiger partial charge in [-0.25, -0.2) is 4.98 Å². The number of rotatable bonds is 5. The highest BCUT2D eigenvalue weighted by molar-refractivity contribution is 6.30. The minimum absolute atomic E-state index is 0.00812. The van der Waals surface area contributed by atoms with Crippen molar-refractivity contribution in [3.63, 3.8) is 0 Å². The Morgan fingerprint density at radius 1 is 1.08 bits per heavy atom. The highest BCUT2D eigenvalue weighted by atomic mass is 35.5. The van der Waals surface area contributed by atoms with Crippen LogP contribution in [0.15, 0.2) is 48.8 Å². The lowest BCUT2D eigenvalue weighted by Crippen LogP contribution is -2.41.